The minimum atomic E-state index is -0.625. The highest BCUT2D eigenvalue weighted by molar-refractivity contribution is 5.83. The lowest BCUT2D eigenvalue weighted by Gasteiger charge is -2.52. The number of ether oxygens (including phenoxy) is 8. The maximum atomic E-state index is 7.39. The fourth-order valence-electron chi connectivity index (χ4n) is 10.3. The van der Waals surface area contributed by atoms with Crippen molar-refractivity contribution in [3.63, 3.8) is 0 Å². The van der Waals surface area contributed by atoms with Crippen molar-refractivity contribution in [2.75, 3.05) is 13.2 Å². The van der Waals surface area contributed by atoms with E-state index in [-0.39, 0.29) is 60.9 Å². The van der Waals surface area contributed by atoms with Gasteiger partial charge in [0.2, 0.25) is 0 Å². The van der Waals surface area contributed by atoms with Crippen molar-refractivity contribution in [2.24, 2.45) is 5.92 Å². The molecule has 5 aromatic carbocycles. The standard InChI is InChI=1S/C55H60O8/c1-55-44(31-40-28-29-41-20-11-12-23-43(41)30-40)32-49-48(61-53(55)33-50-52(63-55)37-58-54(62-50)42-21-9-4-10-22-42)25-14-13-24-46-47(59-49)27-15-26-45(57-35-39-18-7-3-8-19-39)51(60-46)36-56-34-38-16-5-2-6-17-38/h2-23,27-30,44-54H,24-26,31-37H2,1H3/b14-13-,27-15-. The van der Waals surface area contributed by atoms with E-state index >= 15 is 0 Å². The molecular formula is C55H60O8. The fraction of sp³-hybridized carbons (Fsp3) is 0.418. The Morgan fingerprint density at radius 2 is 1.29 bits per heavy atom. The van der Waals surface area contributed by atoms with E-state index < -0.39 is 11.9 Å². The monoisotopic (exact) mass is 848 g/mol. The second-order valence-electron chi connectivity index (χ2n) is 18.1. The predicted octanol–water partition coefficient (Wildman–Crippen LogP) is 10.4. The van der Waals surface area contributed by atoms with E-state index in [1.165, 1.54) is 16.3 Å². The van der Waals surface area contributed by atoms with Crippen LogP contribution in [0.3, 0.4) is 0 Å². The Bertz CT molecular complexity index is 2280. The van der Waals surface area contributed by atoms with Crippen LogP contribution >= 0.6 is 0 Å². The molecule has 0 radical (unpaired) electrons. The molecular weight excluding hydrogens is 789 g/mol. The van der Waals surface area contributed by atoms with E-state index in [9.17, 15) is 0 Å². The summed E-state index contributed by atoms with van der Waals surface area (Å²) in [6, 6.07) is 46.3. The Labute approximate surface area is 372 Å². The van der Waals surface area contributed by atoms with Gasteiger partial charge in [0.25, 0.3) is 0 Å². The van der Waals surface area contributed by atoms with Crippen molar-refractivity contribution in [3.05, 3.63) is 180 Å². The lowest BCUT2D eigenvalue weighted by molar-refractivity contribution is -0.332. The quantitative estimate of drug-likeness (QED) is 0.129. The van der Waals surface area contributed by atoms with Gasteiger partial charge in [0.15, 0.2) is 6.29 Å². The number of benzene rings is 5. The summed E-state index contributed by atoms with van der Waals surface area (Å²) in [6.07, 6.45) is 10.8. The highest BCUT2D eigenvalue weighted by Crippen LogP contribution is 2.48. The Hall–Kier alpha value is -4.48. The molecule has 5 aliphatic rings. The molecule has 8 heteroatoms. The third-order valence-electron chi connectivity index (χ3n) is 13.8. The molecule has 328 valence electrons. The van der Waals surface area contributed by atoms with Crippen LogP contribution in [0, 0.1) is 5.92 Å². The average molecular weight is 849 g/mol. The Morgan fingerprint density at radius 3 is 2.08 bits per heavy atom. The summed E-state index contributed by atoms with van der Waals surface area (Å²) in [5.74, 6) is 0.0722. The summed E-state index contributed by atoms with van der Waals surface area (Å²) >= 11 is 0. The van der Waals surface area contributed by atoms with E-state index in [1.807, 2.05) is 54.6 Å². The second kappa shape index (κ2) is 19.7. The first-order valence-electron chi connectivity index (χ1n) is 23.1. The van der Waals surface area contributed by atoms with Crippen LogP contribution in [0.5, 0.6) is 0 Å². The van der Waals surface area contributed by atoms with Crippen LogP contribution < -0.4 is 0 Å². The highest BCUT2D eigenvalue weighted by Gasteiger charge is 2.56. The summed E-state index contributed by atoms with van der Waals surface area (Å²) < 4.78 is 55.3. The lowest BCUT2D eigenvalue weighted by atomic mass is 9.74. The van der Waals surface area contributed by atoms with Crippen LogP contribution in [0.2, 0.25) is 0 Å². The molecule has 12 atom stereocenters. The molecule has 3 saturated heterocycles. The SMILES string of the molecule is CC12OC3COC(c4ccccc4)OC3CC1OC1C/C=C\CC3OC(COCc4ccccc4)C(OCc4ccccc4)C/C=C\C3OC1CC2Cc1ccc2ccccc2c1. The van der Waals surface area contributed by atoms with Gasteiger partial charge in [-0.1, -0.05) is 158 Å². The number of rotatable bonds is 10. The van der Waals surface area contributed by atoms with Gasteiger partial charge in [-0.15, -0.1) is 0 Å². The van der Waals surface area contributed by atoms with Crippen LogP contribution in [0.1, 0.15) is 67.6 Å². The van der Waals surface area contributed by atoms with Crippen molar-refractivity contribution in [1.82, 2.24) is 0 Å². The van der Waals surface area contributed by atoms with Gasteiger partial charge in [0.05, 0.1) is 68.7 Å². The molecule has 5 aromatic rings. The van der Waals surface area contributed by atoms with Crippen LogP contribution in [-0.2, 0) is 57.5 Å². The maximum Gasteiger partial charge on any atom is 0.184 e. The van der Waals surface area contributed by atoms with Crippen molar-refractivity contribution in [2.45, 2.75) is 125 Å². The van der Waals surface area contributed by atoms with Crippen LogP contribution in [0.15, 0.2) is 158 Å². The van der Waals surface area contributed by atoms with Gasteiger partial charge in [-0.2, -0.15) is 0 Å². The van der Waals surface area contributed by atoms with E-state index in [0.29, 0.717) is 45.7 Å². The van der Waals surface area contributed by atoms with E-state index in [2.05, 4.69) is 110 Å². The molecule has 0 bridgehead atoms. The molecule has 0 aliphatic carbocycles. The zero-order valence-corrected chi connectivity index (χ0v) is 36.2. The highest BCUT2D eigenvalue weighted by atomic mass is 16.7. The number of fused-ring (bicyclic) bond motifs is 5. The molecule has 63 heavy (non-hydrogen) atoms. The van der Waals surface area contributed by atoms with Crippen LogP contribution in [0.25, 0.3) is 10.8 Å². The smallest absolute Gasteiger partial charge is 0.184 e. The van der Waals surface area contributed by atoms with Gasteiger partial charge >= 0.3 is 0 Å². The molecule has 10 rings (SSSR count). The molecule has 0 N–H and O–H groups in total. The summed E-state index contributed by atoms with van der Waals surface area (Å²) in [5.41, 5.74) is 3.92. The maximum absolute atomic E-state index is 7.39. The molecule has 12 unspecified atom stereocenters. The van der Waals surface area contributed by atoms with Gasteiger partial charge in [-0.25, -0.2) is 0 Å². The molecule has 5 aliphatic heterocycles. The second-order valence-corrected chi connectivity index (χ2v) is 18.1. The number of hydrogen-bond donors (Lipinski definition) is 0. The number of hydrogen-bond acceptors (Lipinski definition) is 8. The topological polar surface area (TPSA) is 73.8 Å². The Morgan fingerprint density at radius 1 is 0.587 bits per heavy atom. The summed E-state index contributed by atoms with van der Waals surface area (Å²) in [4.78, 5) is 0. The van der Waals surface area contributed by atoms with Gasteiger partial charge in [-0.3, -0.25) is 0 Å². The predicted molar refractivity (Wildman–Crippen MR) is 243 cm³/mol. The van der Waals surface area contributed by atoms with Gasteiger partial charge in [0.1, 0.15) is 18.3 Å². The van der Waals surface area contributed by atoms with Crippen molar-refractivity contribution in [1.29, 1.82) is 0 Å². The summed E-state index contributed by atoms with van der Waals surface area (Å²) in [7, 11) is 0. The molecule has 0 spiro atoms. The van der Waals surface area contributed by atoms with Gasteiger partial charge < -0.3 is 37.9 Å². The van der Waals surface area contributed by atoms with Crippen LogP contribution in [0.4, 0.5) is 0 Å². The fourth-order valence-corrected chi connectivity index (χ4v) is 10.3. The van der Waals surface area contributed by atoms with Crippen LogP contribution in [-0.4, -0.2) is 73.8 Å². The first-order chi connectivity index (χ1) is 31.0. The zero-order chi connectivity index (χ0) is 42.4. The van der Waals surface area contributed by atoms with Crippen molar-refractivity contribution < 1.29 is 37.9 Å². The molecule has 3 fully saturated rings. The lowest BCUT2D eigenvalue weighted by Crippen LogP contribution is -2.62. The largest absolute Gasteiger partial charge is 0.374 e. The normalized spacial score (nSPS) is 34.2. The molecule has 0 aromatic heterocycles. The van der Waals surface area contributed by atoms with Gasteiger partial charge in [0, 0.05) is 12.0 Å². The first kappa shape index (κ1) is 42.5. The molecule has 0 amide bonds. The third kappa shape index (κ3) is 9.95. The Balaban J connectivity index is 0.929. The first-order valence-corrected chi connectivity index (χ1v) is 23.1. The minimum Gasteiger partial charge on any atom is -0.374 e. The summed E-state index contributed by atoms with van der Waals surface area (Å²) in [6.45, 7) is 4.12. The summed E-state index contributed by atoms with van der Waals surface area (Å²) in [5, 5.41) is 2.47. The van der Waals surface area contributed by atoms with E-state index in [1.54, 1.807) is 0 Å². The zero-order valence-electron chi connectivity index (χ0n) is 36.2. The van der Waals surface area contributed by atoms with E-state index in [0.717, 1.165) is 36.0 Å². The Kier molecular flexibility index (Phi) is 13.3. The molecule has 5 heterocycles. The van der Waals surface area contributed by atoms with Crippen molar-refractivity contribution in [3.8, 4) is 0 Å². The van der Waals surface area contributed by atoms with Gasteiger partial charge in [-0.05, 0) is 72.4 Å². The van der Waals surface area contributed by atoms with Crippen molar-refractivity contribution >= 4 is 10.8 Å². The minimum absolute atomic E-state index is 0.0722. The van der Waals surface area contributed by atoms with E-state index in [4.69, 9.17) is 37.9 Å². The molecule has 8 nitrogen and oxygen atoms in total. The molecule has 0 saturated carbocycles. The third-order valence-corrected chi connectivity index (χ3v) is 13.8. The average Bonchev–Trinajstić information content (AvgIpc) is 3.36.